The third-order valence-electron chi connectivity index (χ3n) is 3.52. The highest BCUT2D eigenvalue weighted by Crippen LogP contribution is 2.29. The summed E-state index contributed by atoms with van der Waals surface area (Å²) in [7, 11) is 1.64. The SMILES string of the molecule is COc1ccc(CSc2nnc(CN3CCCC3=O)o2)cc1Br. The summed E-state index contributed by atoms with van der Waals surface area (Å²) in [5.41, 5.74) is 1.12. The second-order valence-corrected chi connectivity index (χ2v) is 6.92. The second-order valence-electron chi connectivity index (χ2n) is 5.14. The maximum absolute atomic E-state index is 11.6. The minimum atomic E-state index is 0.153. The maximum Gasteiger partial charge on any atom is 0.276 e. The highest BCUT2D eigenvalue weighted by Gasteiger charge is 2.22. The summed E-state index contributed by atoms with van der Waals surface area (Å²) in [6.07, 6.45) is 1.52. The zero-order valence-corrected chi connectivity index (χ0v) is 15.0. The van der Waals surface area contributed by atoms with Crippen LogP contribution in [-0.4, -0.2) is 34.7 Å². The van der Waals surface area contributed by atoms with Crippen molar-refractivity contribution in [3.63, 3.8) is 0 Å². The van der Waals surface area contributed by atoms with Crippen molar-refractivity contribution in [3.05, 3.63) is 34.1 Å². The van der Waals surface area contributed by atoms with Gasteiger partial charge in [-0.25, -0.2) is 0 Å². The number of carbonyl (C=O) groups excluding carboxylic acids is 1. The van der Waals surface area contributed by atoms with Gasteiger partial charge < -0.3 is 14.1 Å². The lowest BCUT2D eigenvalue weighted by Crippen LogP contribution is -2.23. The molecule has 0 atom stereocenters. The van der Waals surface area contributed by atoms with Crippen LogP contribution in [0.1, 0.15) is 24.3 Å². The monoisotopic (exact) mass is 397 g/mol. The van der Waals surface area contributed by atoms with E-state index in [1.165, 1.54) is 11.8 Å². The number of benzene rings is 1. The number of thioether (sulfide) groups is 1. The van der Waals surface area contributed by atoms with Gasteiger partial charge in [-0.05, 0) is 40.0 Å². The molecule has 8 heteroatoms. The number of ether oxygens (including phenoxy) is 1. The molecule has 1 aliphatic rings. The minimum Gasteiger partial charge on any atom is -0.496 e. The van der Waals surface area contributed by atoms with E-state index < -0.39 is 0 Å². The average Bonchev–Trinajstić information content (AvgIpc) is 3.15. The first-order chi connectivity index (χ1) is 11.2. The van der Waals surface area contributed by atoms with Crippen LogP contribution >= 0.6 is 27.7 Å². The van der Waals surface area contributed by atoms with Crippen LogP contribution in [0.25, 0.3) is 0 Å². The quantitative estimate of drug-likeness (QED) is 0.696. The molecule has 0 spiro atoms. The van der Waals surface area contributed by atoms with Crippen molar-refractivity contribution in [3.8, 4) is 5.75 Å². The Morgan fingerprint density at radius 1 is 1.43 bits per heavy atom. The molecule has 2 heterocycles. The summed E-state index contributed by atoms with van der Waals surface area (Å²) >= 11 is 4.94. The van der Waals surface area contributed by atoms with Gasteiger partial charge in [0, 0.05) is 18.7 Å². The number of amides is 1. The standard InChI is InChI=1S/C15H16BrN3O3S/c1-21-12-5-4-10(7-11(12)16)9-23-15-18-17-13(22-15)8-19-6-2-3-14(19)20/h4-5,7H,2-3,6,8-9H2,1H3. The average molecular weight is 398 g/mol. The summed E-state index contributed by atoms with van der Waals surface area (Å²) in [6, 6.07) is 5.92. The Morgan fingerprint density at radius 2 is 2.30 bits per heavy atom. The Morgan fingerprint density at radius 3 is 3.00 bits per heavy atom. The molecule has 1 saturated heterocycles. The van der Waals surface area contributed by atoms with Gasteiger partial charge in [0.2, 0.25) is 11.8 Å². The normalized spacial score (nSPS) is 14.5. The Balaban J connectivity index is 1.56. The molecule has 6 nitrogen and oxygen atoms in total. The first-order valence-electron chi connectivity index (χ1n) is 7.21. The number of hydrogen-bond acceptors (Lipinski definition) is 6. The fourth-order valence-corrected chi connectivity index (χ4v) is 3.65. The summed E-state index contributed by atoms with van der Waals surface area (Å²) in [5.74, 6) is 2.15. The third kappa shape index (κ3) is 4.06. The zero-order valence-electron chi connectivity index (χ0n) is 12.6. The molecule has 0 radical (unpaired) electrons. The minimum absolute atomic E-state index is 0.153. The Hall–Kier alpha value is -1.54. The molecular weight excluding hydrogens is 382 g/mol. The van der Waals surface area contributed by atoms with Gasteiger partial charge in [0.1, 0.15) is 5.75 Å². The highest BCUT2D eigenvalue weighted by atomic mass is 79.9. The Kier molecular flexibility index (Phi) is 5.22. The van der Waals surface area contributed by atoms with Gasteiger partial charge in [0.15, 0.2) is 0 Å². The molecule has 23 heavy (non-hydrogen) atoms. The van der Waals surface area contributed by atoms with Crippen LogP contribution in [0.15, 0.2) is 32.3 Å². The van der Waals surface area contributed by atoms with E-state index in [9.17, 15) is 4.79 Å². The van der Waals surface area contributed by atoms with Gasteiger partial charge in [-0.3, -0.25) is 4.79 Å². The molecular formula is C15H16BrN3O3S. The molecule has 122 valence electrons. The van der Waals surface area contributed by atoms with Gasteiger partial charge in [-0.1, -0.05) is 17.8 Å². The molecule has 0 aliphatic carbocycles. The van der Waals surface area contributed by atoms with Gasteiger partial charge >= 0.3 is 0 Å². The largest absolute Gasteiger partial charge is 0.496 e. The van der Waals surface area contributed by atoms with Gasteiger partial charge in [0.25, 0.3) is 5.22 Å². The molecule has 2 aromatic rings. The molecule has 0 unspecified atom stereocenters. The fraction of sp³-hybridized carbons (Fsp3) is 0.400. The molecule has 1 aromatic heterocycles. The topological polar surface area (TPSA) is 68.5 Å². The smallest absolute Gasteiger partial charge is 0.276 e. The van der Waals surface area contributed by atoms with Crippen LogP contribution in [-0.2, 0) is 17.1 Å². The van der Waals surface area contributed by atoms with Gasteiger partial charge in [0.05, 0.1) is 18.1 Å². The molecule has 1 aliphatic heterocycles. The van der Waals surface area contributed by atoms with Crippen LogP contribution in [0.2, 0.25) is 0 Å². The predicted molar refractivity (Wildman–Crippen MR) is 89.2 cm³/mol. The number of hydrogen-bond donors (Lipinski definition) is 0. The van der Waals surface area contributed by atoms with E-state index in [0.717, 1.165) is 28.8 Å². The number of aromatic nitrogens is 2. The lowest BCUT2D eigenvalue weighted by Gasteiger charge is -2.11. The van der Waals surface area contributed by atoms with Crippen LogP contribution in [0.4, 0.5) is 0 Å². The van der Waals surface area contributed by atoms with E-state index in [4.69, 9.17) is 9.15 Å². The molecule has 0 saturated carbocycles. The van der Waals surface area contributed by atoms with E-state index in [1.807, 2.05) is 18.2 Å². The lowest BCUT2D eigenvalue weighted by molar-refractivity contribution is -0.128. The number of halogens is 1. The summed E-state index contributed by atoms with van der Waals surface area (Å²) in [6.45, 7) is 1.17. The number of methoxy groups -OCH3 is 1. The van der Waals surface area contributed by atoms with Crippen molar-refractivity contribution < 1.29 is 13.9 Å². The van der Waals surface area contributed by atoms with E-state index in [1.54, 1.807) is 12.0 Å². The van der Waals surface area contributed by atoms with Crippen LogP contribution in [0.3, 0.4) is 0 Å². The molecule has 1 fully saturated rings. The predicted octanol–water partition coefficient (Wildman–Crippen LogP) is 3.26. The number of nitrogens with zero attached hydrogens (tertiary/aromatic N) is 3. The van der Waals surface area contributed by atoms with Gasteiger partial charge in [-0.15, -0.1) is 10.2 Å². The summed E-state index contributed by atoms with van der Waals surface area (Å²) < 4.78 is 11.7. The molecule has 1 aromatic carbocycles. The maximum atomic E-state index is 11.6. The summed E-state index contributed by atoms with van der Waals surface area (Å²) in [5, 5.41) is 8.55. The fourth-order valence-electron chi connectivity index (χ4n) is 2.34. The van der Waals surface area contributed by atoms with Crippen LogP contribution < -0.4 is 4.74 Å². The Labute approximate surface area is 146 Å². The second kappa shape index (κ2) is 7.35. The Bertz CT molecular complexity index is 707. The molecule has 1 amide bonds. The van der Waals surface area contributed by atoms with E-state index >= 15 is 0 Å². The van der Waals surface area contributed by atoms with Crippen LogP contribution in [0.5, 0.6) is 5.75 Å². The van der Waals surface area contributed by atoms with Crippen molar-refractivity contribution in [2.75, 3.05) is 13.7 Å². The van der Waals surface area contributed by atoms with Crippen molar-refractivity contribution in [2.45, 2.75) is 30.4 Å². The molecule has 3 rings (SSSR count). The zero-order chi connectivity index (χ0) is 16.2. The van der Waals surface area contributed by atoms with Crippen molar-refractivity contribution >= 4 is 33.6 Å². The number of carbonyl (C=O) groups is 1. The van der Waals surface area contributed by atoms with Crippen LogP contribution in [0, 0.1) is 0 Å². The van der Waals surface area contributed by atoms with E-state index in [-0.39, 0.29) is 5.91 Å². The van der Waals surface area contributed by atoms with Crippen molar-refractivity contribution in [1.82, 2.24) is 15.1 Å². The first-order valence-corrected chi connectivity index (χ1v) is 8.99. The highest BCUT2D eigenvalue weighted by molar-refractivity contribution is 9.10. The van der Waals surface area contributed by atoms with Crippen molar-refractivity contribution in [2.24, 2.45) is 0 Å². The summed E-state index contributed by atoms with van der Waals surface area (Å²) in [4.78, 5) is 13.3. The first kappa shape index (κ1) is 16.3. The van der Waals surface area contributed by atoms with Crippen molar-refractivity contribution in [1.29, 1.82) is 0 Å². The van der Waals surface area contributed by atoms with E-state index in [2.05, 4.69) is 26.1 Å². The lowest BCUT2D eigenvalue weighted by atomic mass is 10.2. The van der Waals surface area contributed by atoms with Gasteiger partial charge in [-0.2, -0.15) is 0 Å². The molecule has 0 bridgehead atoms. The van der Waals surface area contributed by atoms with E-state index in [0.29, 0.717) is 29.8 Å². The number of likely N-dealkylation sites (tertiary alicyclic amines) is 1. The number of rotatable bonds is 6. The third-order valence-corrected chi connectivity index (χ3v) is 5.03. The molecule has 0 N–H and O–H groups in total.